The van der Waals surface area contributed by atoms with Gasteiger partial charge in [-0.3, -0.25) is 0 Å². The van der Waals surface area contributed by atoms with E-state index in [4.69, 9.17) is 4.98 Å². The number of nitriles is 2. The fourth-order valence-electron chi connectivity index (χ4n) is 10.1. The number of nitrogens with zero attached hydrogens (tertiary/aromatic N) is 5. The van der Waals surface area contributed by atoms with Crippen LogP contribution in [0.15, 0.2) is 255 Å². The standard InChI is InChI=1S/C71H42N5.Ir/c72-46-56-16-12-20-62(50-29-33-53(34-30-50)67-22-6-9-39-74-67)70(56)59-42-58(43-60(44-59)71-57(47-73)17-13-21-63(71)51-31-35-54(36-32-51)68-23-7-10-40-75-68)61-18-4-5-19-64(61)65-38-37-55(69-24-8-11-41-76-69)45-66(65)52-27-25-49(26-28-52)48-14-2-1-3-15-48;/h1-33,35,38-45H;/q-3;+3. The average Bonchev–Trinajstić information content (AvgIpc) is 3.52. The van der Waals surface area contributed by atoms with Crippen molar-refractivity contribution in [2.45, 2.75) is 0 Å². The molecule has 12 rings (SSSR count). The van der Waals surface area contributed by atoms with Gasteiger partial charge in [0.1, 0.15) is 0 Å². The first-order chi connectivity index (χ1) is 37.6. The first-order valence-corrected chi connectivity index (χ1v) is 24.9. The molecule has 12 aromatic rings. The van der Waals surface area contributed by atoms with Crippen LogP contribution >= 0.6 is 0 Å². The topological polar surface area (TPSA) is 86.2 Å². The second-order valence-corrected chi connectivity index (χ2v) is 18.3. The van der Waals surface area contributed by atoms with E-state index in [1.54, 1.807) is 12.4 Å². The molecule has 0 aliphatic heterocycles. The van der Waals surface area contributed by atoms with E-state index in [9.17, 15) is 10.5 Å². The molecule has 0 fully saturated rings. The summed E-state index contributed by atoms with van der Waals surface area (Å²) in [5, 5.41) is 22.0. The number of benzene rings is 9. The average molecular weight is 1160 g/mol. The van der Waals surface area contributed by atoms with E-state index in [0.29, 0.717) is 11.1 Å². The molecule has 0 aliphatic rings. The first kappa shape index (κ1) is 49.3. The van der Waals surface area contributed by atoms with Gasteiger partial charge in [-0.1, -0.05) is 178 Å². The van der Waals surface area contributed by atoms with Crippen LogP contribution in [-0.2, 0) is 20.1 Å². The first-order valence-electron chi connectivity index (χ1n) is 24.9. The zero-order valence-electron chi connectivity index (χ0n) is 41.3. The fourth-order valence-corrected chi connectivity index (χ4v) is 10.1. The van der Waals surface area contributed by atoms with Crippen molar-refractivity contribution in [2.75, 3.05) is 0 Å². The molecule has 0 saturated carbocycles. The molecule has 0 amide bonds. The quantitative estimate of drug-likeness (QED) is 0.120. The molecule has 0 atom stereocenters. The summed E-state index contributed by atoms with van der Waals surface area (Å²) in [5.41, 5.74) is 21.0. The molecule has 77 heavy (non-hydrogen) atoms. The van der Waals surface area contributed by atoms with Gasteiger partial charge in [-0.15, -0.1) is 83.4 Å². The molecular weight excluding hydrogens is 1120 g/mol. The van der Waals surface area contributed by atoms with E-state index in [1.807, 2.05) is 115 Å². The third-order valence-electron chi connectivity index (χ3n) is 13.7. The molecular formula is C71H42IrN5. The maximum absolute atomic E-state index is 11.0. The Morgan fingerprint density at radius 1 is 0.286 bits per heavy atom. The van der Waals surface area contributed by atoms with Crippen LogP contribution in [0, 0.1) is 40.9 Å². The van der Waals surface area contributed by atoms with E-state index in [1.165, 1.54) is 0 Å². The van der Waals surface area contributed by atoms with Gasteiger partial charge in [-0.2, -0.15) is 10.5 Å². The second kappa shape index (κ2) is 22.3. The van der Waals surface area contributed by atoms with Crippen molar-refractivity contribution in [3.8, 4) is 135 Å². The number of aromatic nitrogens is 3. The molecule has 0 aliphatic carbocycles. The van der Waals surface area contributed by atoms with Crippen LogP contribution in [0.2, 0.25) is 0 Å². The van der Waals surface area contributed by atoms with Gasteiger partial charge in [0.05, 0.1) is 23.3 Å². The van der Waals surface area contributed by atoms with Gasteiger partial charge >= 0.3 is 20.1 Å². The fraction of sp³-hybridized carbons (Fsp3) is 0. The Morgan fingerprint density at radius 2 is 0.714 bits per heavy atom. The summed E-state index contributed by atoms with van der Waals surface area (Å²) < 4.78 is 0. The van der Waals surface area contributed by atoms with Crippen LogP contribution in [0.4, 0.5) is 0 Å². The molecule has 3 aromatic heterocycles. The smallest absolute Gasteiger partial charge is 0.305 e. The zero-order valence-corrected chi connectivity index (χ0v) is 43.7. The van der Waals surface area contributed by atoms with Crippen molar-refractivity contribution in [2.24, 2.45) is 0 Å². The summed E-state index contributed by atoms with van der Waals surface area (Å²) >= 11 is 0. The normalized spacial score (nSPS) is 10.7. The van der Waals surface area contributed by atoms with Crippen molar-refractivity contribution >= 4 is 0 Å². The van der Waals surface area contributed by atoms with Crippen molar-refractivity contribution in [1.82, 2.24) is 15.0 Å². The van der Waals surface area contributed by atoms with Crippen LogP contribution in [0.1, 0.15) is 11.1 Å². The van der Waals surface area contributed by atoms with Crippen LogP contribution < -0.4 is 0 Å². The number of rotatable bonds is 11. The third kappa shape index (κ3) is 10.1. The molecule has 0 N–H and O–H groups in total. The van der Waals surface area contributed by atoms with Gasteiger partial charge in [0.25, 0.3) is 0 Å². The Morgan fingerprint density at radius 3 is 1.21 bits per heavy atom. The molecule has 3 heterocycles. The van der Waals surface area contributed by atoms with Crippen LogP contribution in [0.25, 0.3) is 123 Å². The third-order valence-corrected chi connectivity index (χ3v) is 13.7. The SMILES string of the molecule is N#Cc1cccc(-c2c[c-]c(-c3ccccn3)cc2)c1-c1cc(-c2ccccc2-c2c[c-]c(-c3ccccn3)cc2-c2ccc(-c3ccccc3)cc2)cc(-c2c(C#N)cccc2-c2c[c-]c(-c3ccccn3)cc2)c1.[Ir+3]. The van der Waals surface area contributed by atoms with Crippen LogP contribution in [0.3, 0.4) is 0 Å². The Hall–Kier alpha value is -9.94. The van der Waals surface area contributed by atoms with Crippen molar-refractivity contribution in [1.29, 1.82) is 10.5 Å². The summed E-state index contributed by atoms with van der Waals surface area (Å²) in [4.78, 5) is 13.8. The van der Waals surface area contributed by atoms with Gasteiger partial charge in [0, 0.05) is 18.6 Å². The largest absolute Gasteiger partial charge is 3.00 e. The summed E-state index contributed by atoms with van der Waals surface area (Å²) in [6, 6.07) is 95.4. The van der Waals surface area contributed by atoms with Crippen molar-refractivity contribution in [3.05, 3.63) is 285 Å². The second-order valence-electron chi connectivity index (χ2n) is 18.3. The summed E-state index contributed by atoms with van der Waals surface area (Å²) in [7, 11) is 0. The molecule has 0 spiro atoms. The van der Waals surface area contributed by atoms with E-state index >= 15 is 0 Å². The maximum atomic E-state index is 11.0. The van der Waals surface area contributed by atoms with Crippen LogP contribution in [-0.4, -0.2) is 15.0 Å². The molecule has 9 aromatic carbocycles. The summed E-state index contributed by atoms with van der Waals surface area (Å²) in [5.74, 6) is 0. The van der Waals surface area contributed by atoms with E-state index in [-0.39, 0.29) is 20.1 Å². The Kier molecular flexibility index (Phi) is 14.3. The number of hydrogen-bond donors (Lipinski definition) is 0. The van der Waals surface area contributed by atoms with Crippen molar-refractivity contribution < 1.29 is 20.1 Å². The Bertz CT molecular complexity index is 3970. The molecule has 0 radical (unpaired) electrons. The minimum Gasteiger partial charge on any atom is -0.305 e. The number of pyridine rings is 3. The molecule has 5 nitrogen and oxygen atoms in total. The van der Waals surface area contributed by atoms with E-state index < -0.39 is 0 Å². The Balaban J connectivity index is 0.00000631. The molecule has 0 saturated heterocycles. The van der Waals surface area contributed by atoms with Crippen LogP contribution in [0.5, 0.6) is 0 Å². The van der Waals surface area contributed by atoms with Gasteiger partial charge < -0.3 is 15.0 Å². The zero-order chi connectivity index (χ0) is 51.2. The monoisotopic (exact) mass is 1160 g/mol. The van der Waals surface area contributed by atoms with Gasteiger partial charge in [0.2, 0.25) is 0 Å². The minimum atomic E-state index is 0. The summed E-state index contributed by atoms with van der Waals surface area (Å²) in [6.07, 6.45) is 5.36. The predicted octanol–water partition coefficient (Wildman–Crippen LogP) is 17.4. The summed E-state index contributed by atoms with van der Waals surface area (Å²) in [6.45, 7) is 0. The predicted molar refractivity (Wildman–Crippen MR) is 306 cm³/mol. The van der Waals surface area contributed by atoms with Crippen molar-refractivity contribution in [3.63, 3.8) is 0 Å². The Labute approximate surface area is 462 Å². The van der Waals surface area contributed by atoms with Gasteiger partial charge in [-0.05, 0) is 116 Å². The van der Waals surface area contributed by atoms with Gasteiger partial charge in [0.15, 0.2) is 0 Å². The molecule has 6 heteroatoms. The molecule has 360 valence electrons. The van der Waals surface area contributed by atoms with E-state index in [0.717, 1.165) is 123 Å². The minimum absolute atomic E-state index is 0. The van der Waals surface area contributed by atoms with Gasteiger partial charge in [-0.25, -0.2) is 0 Å². The maximum Gasteiger partial charge on any atom is 3.00 e. The molecule has 0 unspecified atom stereocenters. The van der Waals surface area contributed by atoms with E-state index in [2.05, 4.69) is 168 Å². The number of hydrogen-bond acceptors (Lipinski definition) is 5. The molecule has 0 bridgehead atoms.